The summed E-state index contributed by atoms with van der Waals surface area (Å²) >= 11 is 0. The molecule has 6 N–H and O–H groups in total. The minimum absolute atomic E-state index is 0.0339. The van der Waals surface area contributed by atoms with Crippen LogP contribution in [0.15, 0.2) is 0 Å². The Morgan fingerprint density at radius 1 is 0.398 bits per heavy atom. The number of likely N-dealkylation sites (N-methyl/N-ethyl adjacent to an activating group) is 7. The Labute approximate surface area is 497 Å². The Morgan fingerprint density at radius 3 is 1.17 bits per heavy atom. The summed E-state index contributed by atoms with van der Waals surface area (Å²) in [5, 5.41) is 18.3. The molecule has 0 bridgehead atoms. The molecule has 23 heteroatoms. The molecular formula is C60H111N11O12. The van der Waals surface area contributed by atoms with Crippen molar-refractivity contribution in [2.24, 2.45) is 47.2 Å². The van der Waals surface area contributed by atoms with Gasteiger partial charge in [0.1, 0.15) is 54.4 Å². The van der Waals surface area contributed by atoms with Gasteiger partial charge < -0.3 is 61.1 Å². The summed E-state index contributed by atoms with van der Waals surface area (Å²) < 4.78 is 0. The topological polar surface area (TPSA) is 293 Å². The van der Waals surface area contributed by atoms with Crippen molar-refractivity contribution in [2.45, 2.75) is 223 Å². The van der Waals surface area contributed by atoms with E-state index in [1.165, 1.54) is 97.5 Å². The van der Waals surface area contributed by atoms with E-state index in [0.29, 0.717) is 12.8 Å². The summed E-state index contributed by atoms with van der Waals surface area (Å²) in [5.41, 5.74) is 6.02. The quantitative estimate of drug-likeness (QED) is 0.0607. The number of rotatable bonds is 35. The molecule has 0 saturated heterocycles. The SMILES string of the molecule is CCC[C@H](N)C(=O)N(C)CC(=O)N(C)[C@@H](CC(C)C)C(=O)N[C@H](C(=O)N(C)[C@@H](CC(C)C)C(=O)N[C@@H](C)C(=O)N[C@H](C)C(=O)N(C)[C@@H](CC(C)C)C(=O)N(C)[C@@H](CC(C)C)C(=O)N(C)[C@H](C(=O)N(C)[C@@H](CC(C)C)C(=O)O)C(C)C)C(C)C. The molecule has 0 radical (unpaired) electrons. The lowest BCUT2D eigenvalue weighted by Crippen LogP contribution is -2.61. The molecule has 0 rings (SSSR count). The van der Waals surface area contributed by atoms with Crippen molar-refractivity contribution in [3.05, 3.63) is 0 Å². The van der Waals surface area contributed by atoms with Crippen LogP contribution in [-0.2, 0) is 52.7 Å². The summed E-state index contributed by atoms with van der Waals surface area (Å²) in [7, 11) is 10.2. The molecule has 0 aliphatic carbocycles. The van der Waals surface area contributed by atoms with Gasteiger partial charge in [-0.25, -0.2) is 4.79 Å². The van der Waals surface area contributed by atoms with Gasteiger partial charge in [-0.05, 0) is 93.8 Å². The number of nitrogens with two attached hydrogens (primary N) is 1. The van der Waals surface area contributed by atoms with Gasteiger partial charge in [0.15, 0.2) is 0 Å². The van der Waals surface area contributed by atoms with E-state index in [2.05, 4.69) is 16.0 Å². The van der Waals surface area contributed by atoms with Crippen molar-refractivity contribution in [3.63, 3.8) is 0 Å². The number of carboxylic acids is 1. The number of amides is 10. The van der Waals surface area contributed by atoms with E-state index < -0.39 is 137 Å². The fraction of sp³-hybridized carbons (Fsp3) is 0.817. The van der Waals surface area contributed by atoms with Crippen LogP contribution in [0.25, 0.3) is 0 Å². The monoisotopic (exact) mass is 1180 g/mol. The average Bonchev–Trinajstić information content (AvgIpc) is 3.42. The third-order valence-electron chi connectivity index (χ3n) is 15.1. The molecule has 0 fully saturated rings. The molecule has 83 heavy (non-hydrogen) atoms. The van der Waals surface area contributed by atoms with E-state index in [-0.39, 0.29) is 68.2 Å². The fourth-order valence-electron chi connectivity index (χ4n) is 10.1. The molecule has 0 aromatic heterocycles. The lowest BCUT2D eigenvalue weighted by atomic mass is 9.95. The Bertz CT molecular complexity index is 2190. The second-order valence-corrected chi connectivity index (χ2v) is 25.8. The maximum absolute atomic E-state index is 14.7. The molecular weight excluding hydrogens is 1070 g/mol. The standard InChI is InChI=1S/C60H111N11O12/c1-25-26-42(61)55(77)65(18)32-48(72)66(19)43(27-33(2)3)53(75)64-49(38(12)13)58(80)67(20)44(28-34(4)5)52(74)62-40(16)51(73)63-41(17)54(76)68(21)45(29-35(6)7)56(78)69(22)46(30-36(8)9)57(79)71(24)50(39(14)15)59(81)70(23)47(60(82)83)31-37(10)11/h33-47,49-50H,25-32,61H2,1-24H3,(H,62,74)(H,63,73)(H,64,75)(H,82,83)/t40-,41+,42-,43-,44-,45-,46-,47-,49-,50-/m0/s1. The van der Waals surface area contributed by atoms with Crippen LogP contribution in [-0.4, -0.2) is 221 Å². The number of aliphatic carboxylic acids is 1. The minimum Gasteiger partial charge on any atom is -0.480 e. The van der Waals surface area contributed by atoms with Gasteiger partial charge in [0.05, 0.1) is 12.6 Å². The molecule has 0 spiro atoms. The zero-order valence-electron chi connectivity index (χ0n) is 55.1. The molecule has 0 unspecified atom stereocenters. The zero-order chi connectivity index (χ0) is 65.0. The third kappa shape index (κ3) is 23.6. The van der Waals surface area contributed by atoms with Crippen molar-refractivity contribution in [3.8, 4) is 0 Å². The Kier molecular flexibility index (Phi) is 32.9. The third-order valence-corrected chi connectivity index (χ3v) is 15.1. The number of hydrogen-bond donors (Lipinski definition) is 5. The van der Waals surface area contributed by atoms with Gasteiger partial charge in [-0.1, -0.05) is 110 Å². The van der Waals surface area contributed by atoms with Gasteiger partial charge in [-0.2, -0.15) is 0 Å². The maximum atomic E-state index is 14.7. The van der Waals surface area contributed by atoms with Crippen molar-refractivity contribution in [2.75, 3.05) is 55.9 Å². The second-order valence-electron chi connectivity index (χ2n) is 25.8. The second kappa shape index (κ2) is 35.4. The van der Waals surface area contributed by atoms with Crippen LogP contribution in [0.5, 0.6) is 0 Å². The lowest BCUT2D eigenvalue weighted by molar-refractivity contribution is -0.157. The van der Waals surface area contributed by atoms with Gasteiger partial charge in [0.25, 0.3) is 0 Å². The normalized spacial score (nSPS) is 15.3. The molecule has 0 aliphatic rings. The van der Waals surface area contributed by atoms with Gasteiger partial charge in [0, 0.05) is 49.3 Å². The van der Waals surface area contributed by atoms with Crippen molar-refractivity contribution >= 4 is 65.0 Å². The van der Waals surface area contributed by atoms with Gasteiger partial charge in [0.2, 0.25) is 59.1 Å². The van der Waals surface area contributed by atoms with Gasteiger partial charge in [-0.15, -0.1) is 0 Å². The van der Waals surface area contributed by atoms with E-state index in [1.54, 1.807) is 27.7 Å². The van der Waals surface area contributed by atoms with Gasteiger partial charge in [-0.3, -0.25) is 47.9 Å². The van der Waals surface area contributed by atoms with E-state index in [1.807, 2.05) is 76.2 Å². The van der Waals surface area contributed by atoms with E-state index >= 15 is 0 Å². The first-order chi connectivity index (χ1) is 38.1. The molecule has 0 aromatic carbocycles. The molecule has 0 aliphatic heterocycles. The number of nitrogens with zero attached hydrogens (tertiary/aromatic N) is 7. The number of nitrogens with one attached hydrogen (secondary N) is 3. The lowest BCUT2D eigenvalue weighted by Gasteiger charge is -2.40. The Hall–Kier alpha value is -5.87. The summed E-state index contributed by atoms with van der Waals surface area (Å²) in [6.45, 7) is 30.2. The van der Waals surface area contributed by atoms with E-state index in [9.17, 15) is 57.8 Å². The molecule has 23 nitrogen and oxygen atoms in total. The highest BCUT2D eigenvalue weighted by atomic mass is 16.4. The number of carboxylic acid groups (broad SMARTS) is 1. The maximum Gasteiger partial charge on any atom is 0.326 e. The molecule has 0 heterocycles. The Morgan fingerprint density at radius 2 is 0.759 bits per heavy atom. The predicted molar refractivity (Wildman–Crippen MR) is 322 cm³/mol. The smallest absolute Gasteiger partial charge is 0.326 e. The first-order valence-electron chi connectivity index (χ1n) is 29.8. The van der Waals surface area contributed by atoms with Crippen LogP contribution in [0.3, 0.4) is 0 Å². The predicted octanol–water partition coefficient (Wildman–Crippen LogP) is 3.66. The largest absolute Gasteiger partial charge is 0.480 e. The first kappa shape index (κ1) is 77.1. The molecule has 10 atom stereocenters. The summed E-state index contributed by atoms with van der Waals surface area (Å²) in [4.78, 5) is 162. The van der Waals surface area contributed by atoms with Crippen LogP contribution >= 0.6 is 0 Å². The highest BCUT2D eigenvalue weighted by Gasteiger charge is 2.43. The average molecular weight is 1180 g/mol. The number of carbonyl (C=O) groups excluding carboxylic acids is 10. The minimum atomic E-state index is -1.23. The molecule has 0 aromatic rings. The summed E-state index contributed by atoms with van der Waals surface area (Å²) in [6.07, 6.45) is 2.12. The van der Waals surface area contributed by atoms with Crippen molar-refractivity contribution < 1.29 is 57.8 Å². The van der Waals surface area contributed by atoms with Gasteiger partial charge >= 0.3 is 5.97 Å². The zero-order valence-corrected chi connectivity index (χ0v) is 55.1. The summed E-state index contributed by atoms with van der Waals surface area (Å²) in [6, 6.07) is -10.9. The Balaban J connectivity index is 6.64. The molecule has 478 valence electrons. The number of hydrogen-bond acceptors (Lipinski definition) is 12. The highest BCUT2D eigenvalue weighted by molar-refractivity contribution is 5.98. The number of carbonyl (C=O) groups is 11. The van der Waals surface area contributed by atoms with E-state index in [0.717, 1.165) is 0 Å². The fourth-order valence-corrected chi connectivity index (χ4v) is 10.1. The van der Waals surface area contributed by atoms with Crippen LogP contribution in [0.1, 0.15) is 163 Å². The van der Waals surface area contributed by atoms with Crippen LogP contribution in [0.2, 0.25) is 0 Å². The summed E-state index contributed by atoms with van der Waals surface area (Å²) in [5.74, 6) is -8.29. The molecule has 0 saturated carbocycles. The van der Waals surface area contributed by atoms with Crippen LogP contribution < -0.4 is 21.7 Å². The van der Waals surface area contributed by atoms with Crippen molar-refractivity contribution in [1.29, 1.82) is 0 Å². The highest BCUT2D eigenvalue weighted by Crippen LogP contribution is 2.24. The van der Waals surface area contributed by atoms with Crippen molar-refractivity contribution in [1.82, 2.24) is 50.2 Å². The van der Waals surface area contributed by atoms with Crippen LogP contribution in [0.4, 0.5) is 0 Å². The molecule has 10 amide bonds. The van der Waals surface area contributed by atoms with E-state index in [4.69, 9.17) is 5.73 Å². The first-order valence-corrected chi connectivity index (χ1v) is 29.8. The van der Waals surface area contributed by atoms with Crippen LogP contribution in [0, 0.1) is 41.4 Å².